The zero-order chi connectivity index (χ0) is 22.1. The number of ether oxygens (including phenoxy) is 1. The van der Waals surface area contributed by atoms with E-state index in [4.69, 9.17) is 4.74 Å². The molecular formula is C23H27N5O3. The highest BCUT2D eigenvalue weighted by molar-refractivity contribution is 6.03. The summed E-state index contributed by atoms with van der Waals surface area (Å²) in [5.41, 5.74) is 5.56. The minimum absolute atomic E-state index is 0.0284. The van der Waals surface area contributed by atoms with Crippen molar-refractivity contribution in [1.29, 1.82) is 0 Å². The van der Waals surface area contributed by atoms with Crippen molar-refractivity contribution in [2.75, 3.05) is 36.5 Å². The highest BCUT2D eigenvalue weighted by Crippen LogP contribution is 2.28. The van der Waals surface area contributed by atoms with Gasteiger partial charge in [0, 0.05) is 44.6 Å². The number of hydrogen-bond acceptors (Lipinski definition) is 5. The molecule has 1 saturated heterocycles. The lowest BCUT2D eigenvalue weighted by Gasteiger charge is -2.29. The van der Waals surface area contributed by atoms with E-state index in [1.165, 1.54) is 0 Å². The molecule has 1 fully saturated rings. The summed E-state index contributed by atoms with van der Waals surface area (Å²) in [7, 11) is 3.52. The Hall–Kier alpha value is -3.39. The fourth-order valence-electron chi connectivity index (χ4n) is 3.90. The number of carbonyl (C=O) groups excluding carboxylic acids is 1. The van der Waals surface area contributed by atoms with E-state index in [0.29, 0.717) is 43.4 Å². The number of nitrogens with zero attached hydrogens (tertiary/aromatic N) is 4. The first-order valence-electron chi connectivity index (χ1n) is 10.3. The van der Waals surface area contributed by atoms with Crippen molar-refractivity contribution >= 4 is 17.3 Å². The molecule has 1 N–H and O–H groups in total. The number of amides is 1. The maximum atomic E-state index is 12.8. The Morgan fingerprint density at radius 3 is 2.52 bits per heavy atom. The van der Waals surface area contributed by atoms with E-state index in [2.05, 4.69) is 15.3 Å². The lowest BCUT2D eigenvalue weighted by Crippen LogP contribution is -2.40. The molecule has 0 radical (unpaired) electrons. The number of rotatable bonds is 4. The molecule has 162 valence electrons. The molecule has 1 aromatic carbocycles. The zero-order valence-corrected chi connectivity index (χ0v) is 18.3. The van der Waals surface area contributed by atoms with Crippen LogP contribution in [0.2, 0.25) is 0 Å². The van der Waals surface area contributed by atoms with Gasteiger partial charge >= 0.3 is 0 Å². The smallest absolute Gasteiger partial charge is 0.273 e. The number of pyridine rings is 1. The Balaban J connectivity index is 1.68. The van der Waals surface area contributed by atoms with E-state index >= 15 is 0 Å². The van der Waals surface area contributed by atoms with Gasteiger partial charge in [-0.15, -0.1) is 0 Å². The summed E-state index contributed by atoms with van der Waals surface area (Å²) in [4.78, 5) is 27.5. The van der Waals surface area contributed by atoms with Gasteiger partial charge in [0.2, 0.25) is 0 Å². The van der Waals surface area contributed by atoms with Crippen LogP contribution in [-0.4, -0.2) is 46.6 Å². The fourth-order valence-corrected chi connectivity index (χ4v) is 3.90. The molecule has 0 spiro atoms. The summed E-state index contributed by atoms with van der Waals surface area (Å²) in [6, 6.07) is 9.49. The number of benzene rings is 1. The van der Waals surface area contributed by atoms with Crippen molar-refractivity contribution in [3.05, 3.63) is 63.8 Å². The Morgan fingerprint density at radius 1 is 1.10 bits per heavy atom. The summed E-state index contributed by atoms with van der Waals surface area (Å²) >= 11 is 0. The van der Waals surface area contributed by atoms with Gasteiger partial charge in [-0.2, -0.15) is 5.10 Å². The van der Waals surface area contributed by atoms with E-state index in [9.17, 15) is 9.59 Å². The third-order valence-electron chi connectivity index (χ3n) is 5.56. The molecule has 3 heterocycles. The molecule has 0 aliphatic carbocycles. The van der Waals surface area contributed by atoms with Crippen molar-refractivity contribution in [2.45, 2.75) is 13.8 Å². The van der Waals surface area contributed by atoms with Crippen LogP contribution in [0.3, 0.4) is 0 Å². The molecule has 1 aliphatic heterocycles. The van der Waals surface area contributed by atoms with Gasteiger partial charge in [-0.05, 0) is 49.2 Å². The van der Waals surface area contributed by atoms with Crippen LogP contribution in [0.15, 0.2) is 41.3 Å². The first kappa shape index (κ1) is 20.9. The largest absolute Gasteiger partial charge is 0.378 e. The molecule has 1 aliphatic rings. The fraction of sp³-hybridized carbons (Fsp3) is 0.348. The average Bonchev–Trinajstić information content (AvgIpc) is 3.10. The minimum Gasteiger partial charge on any atom is -0.378 e. The Bertz CT molecular complexity index is 1190. The van der Waals surface area contributed by atoms with Crippen LogP contribution >= 0.6 is 0 Å². The Kier molecular flexibility index (Phi) is 5.65. The first-order chi connectivity index (χ1) is 14.8. The molecule has 0 bridgehead atoms. The van der Waals surface area contributed by atoms with Crippen molar-refractivity contribution in [3.63, 3.8) is 0 Å². The third kappa shape index (κ3) is 4.25. The monoisotopic (exact) mass is 421 g/mol. The average molecular weight is 422 g/mol. The summed E-state index contributed by atoms with van der Waals surface area (Å²) in [6.07, 6.45) is 1.84. The summed E-state index contributed by atoms with van der Waals surface area (Å²) in [5.74, 6) is -0.215. The van der Waals surface area contributed by atoms with Crippen LogP contribution in [0.1, 0.15) is 21.7 Å². The number of anilines is 2. The minimum atomic E-state index is -0.215. The van der Waals surface area contributed by atoms with Crippen LogP contribution < -0.4 is 15.8 Å². The van der Waals surface area contributed by atoms with Crippen molar-refractivity contribution in [2.24, 2.45) is 14.1 Å². The van der Waals surface area contributed by atoms with E-state index in [1.54, 1.807) is 29.4 Å². The molecule has 8 heteroatoms. The quantitative estimate of drug-likeness (QED) is 0.700. The lowest BCUT2D eigenvalue weighted by atomic mass is 10.0. The molecule has 4 rings (SSSR count). The Labute approximate surface area is 181 Å². The van der Waals surface area contributed by atoms with Crippen LogP contribution in [-0.2, 0) is 18.8 Å². The maximum absolute atomic E-state index is 12.8. The molecule has 0 unspecified atom stereocenters. The molecular weight excluding hydrogens is 394 g/mol. The number of nitrogens with one attached hydrogen (secondary N) is 1. The first-order valence-corrected chi connectivity index (χ1v) is 10.3. The van der Waals surface area contributed by atoms with Gasteiger partial charge in [0.15, 0.2) is 0 Å². The Morgan fingerprint density at radius 2 is 1.84 bits per heavy atom. The summed E-state index contributed by atoms with van der Waals surface area (Å²) in [6.45, 7) is 6.48. The normalized spacial score (nSPS) is 14.0. The van der Waals surface area contributed by atoms with Crippen LogP contribution in [0.25, 0.3) is 11.1 Å². The molecule has 0 saturated carbocycles. The SMILES string of the molecule is Cc1cc(C(=O)Nc2ccc(C)c(-c3cc(N4CCOCC4)c(=O)n(C)c3)c2)n(C)n1. The second-order valence-electron chi connectivity index (χ2n) is 7.91. The van der Waals surface area contributed by atoms with Gasteiger partial charge in [-0.1, -0.05) is 6.07 Å². The lowest BCUT2D eigenvalue weighted by molar-refractivity contribution is 0.101. The van der Waals surface area contributed by atoms with E-state index in [0.717, 1.165) is 22.4 Å². The highest BCUT2D eigenvalue weighted by Gasteiger charge is 2.18. The van der Waals surface area contributed by atoms with Crippen LogP contribution in [0.4, 0.5) is 11.4 Å². The maximum Gasteiger partial charge on any atom is 0.273 e. The van der Waals surface area contributed by atoms with E-state index < -0.39 is 0 Å². The third-order valence-corrected chi connectivity index (χ3v) is 5.56. The second kappa shape index (κ2) is 8.39. The van der Waals surface area contributed by atoms with Gasteiger partial charge in [0.05, 0.1) is 18.9 Å². The topological polar surface area (TPSA) is 81.4 Å². The number of hydrogen-bond donors (Lipinski definition) is 1. The van der Waals surface area contributed by atoms with Gasteiger partial charge in [-0.3, -0.25) is 14.3 Å². The van der Waals surface area contributed by atoms with Gasteiger partial charge < -0.3 is 19.5 Å². The predicted molar refractivity (Wildman–Crippen MR) is 121 cm³/mol. The van der Waals surface area contributed by atoms with Crippen molar-refractivity contribution < 1.29 is 9.53 Å². The molecule has 1 amide bonds. The van der Waals surface area contributed by atoms with Gasteiger partial charge in [0.25, 0.3) is 11.5 Å². The second-order valence-corrected chi connectivity index (χ2v) is 7.91. The van der Waals surface area contributed by atoms with Crippen LogP contribution in [0.5, 0.6) is 0 Å². The molecule has 0 atom stereocenters. The van der Waals surface area contributed by atoms with Crippen LogP contribution in [0, 0.1) is 13.8 Å². The number of morpholine rings is 1. The van der Waals surface area contributed by atoms with Crippen molar-refractivity contribution in [3.8, 4) is 11.1 Å². The van der Waals surface area contributed by atoms with Gasteiger partial charge in [-0.25, -0.2) is 0 Å². The number of carbonyl (C=O) groups is 1. The summed E-state index contributed by atoms with van der Waals surface area (Å²) < 4.78 is 8.61. The molecule has 3 aromatic rings. The molecule has 31 heavy (non-hydrogen) atoms. The van der Waals surface area contributed by atoms with Crippen molar-refractivity contribution in [1.82, 2.24) is 14.3 Å². The summed E-state index contributed by atoms with van der Waals surface area (Å²) in [5, 5.41) is 7.19. The highest BCUT2D eigenvalue weighted by atomic mass is 16.5. The standard InChI is InChI=1S/C23H27N5O3/c1-15-5-6-18(24-22(29)20-11-16(2)25-27(20)4)13-19(15)17-12-21(23(30)26(3)14-17)28-7-9-31-10-8-28/h5-6,11-14H,7-10H2,1-4H3,(H,24,29). The van der Waals surface area contributed by atoms with Gasteiger partial charge in [0.1, 0.15) is 11.4 Å². The molecule has 8 nitrogen and oxygen atoms in total. The van der Waals surface area contributed by atoms with E-state index in [1.807, 2.05) is 44.3 Å². The predicted octanol–water partition coefficient (Wildman–Crippen LogP) is 2.49. The zero-order valence-electron chi connectivity index (χ0n) is 18.3. The number of aromatic nitrogens is 3. The molecule has 2 aromatic heterocycles. The van der Waals surface area contributed by atoms with E-state index in [-0.39, 0.29) is 11.5 Å². The number of aryl methyl sites for hydroxylation is 4.